The van der Waals surface area contributed by atoms with Crippen LogP contribution in [0, 0.1) is 0 Å². The highest BCUT2D eigenvalue weighted by molar-refractivity contribution is 6.42. The van der Waals surface area contributed by atoms with Crippen LogP contribution in [0.2, 0.25) is 10.0 Å². The second-order valence-electron chi connectivity index (χ2n) is 5.21. The van der Waals surface area contributed by atoms with Crippen molar-refractivity contribution in [3.8, 4) is 0 Å². The fourth-order valence-electron chi connectivity index (χ4n) is 2.75. The van der Waals surface area contributed by atoms with E-state index in [4.69, 9.17) is 23.2 Å². The van der Waals surface area contributed by atoms with Gasteiger partial charge < -0.3 is 10.2 Å². The van der Waals surface area contributed by atoms with Crippen LogP contribution in [-0.2, 0) is 0 Å². The van der Waals surface area contributed by atoms with Crippen molar-refractivity contribution in [1.82, 2.24) is 5.32 Å². The quantitative estimate of drug-likeness (QED) is 0.889. The number of anilines is 1. The summed E-state index contributed by atoms with van der Waals surface area (Å²) in [7, 11) is 0. The van der Waals surface area contributed by atoms with E-state index in [-0.39, 0.29) is 0 Å². The molecule has 1 N–H and O–H groups in total. The first kappa shape index (κ1) is 15.0. The number of nitrogens with zero attached hydrogens (tertiary/aromatic N) is 1. The van der Waals surface area contributed by atoms with Gasteiger partial charge in [0, 0.05) is 30.9 Å². The second kappa shape index (κ2) is 6.83. The Morgan fingerprint density at radius 1 is 1.26 bits per heavy atom. The van der Waals surface area contributed by atoms with Crippen LogP contribution < -0.4 is 10.2 Å². The molecule has 0 bridgehead atoms. The van der Waals surface area contributed by atoms with Gasteiger partial charge in [-0.3, -0.25) is 0 Å². The number of benzene rings is 1. The minimum Gasteiger partial charge on any atom is -0.366 e. The predicted molar refractivity (Wildman–Crippen MR) is 84.6 cm³/mol. The summed E-state index contributed by atoms with van der Waals surface area (Å²) in [5.74, 6) is 0. The standard InChI is InChI=1S/C15H22Cl2N2/c1-3-5-11-10-19(12(4-2)9-18-11)13-6-7-14(16)15(17)8-13/h6-8,11-12,18H,3-5,9-10H2,1-2H3. The van der Waals surface area contributed by atoms with Crippen molar-refractivity contribution in [2.75, 3.05) is 18.0 Å². The zero-order chi connectivity index (χ0) is 13.8. The molecule has 2 unspecified atom stereocenters. The van der Waals surface area contributed by atoms with Crippen molar-refractivity contribution in [3.05, 3.63) is 28.2 Å². The Labute approximate surface area is 126 Å². The van der Waals surface area contributed by atoms with E-state index in [2.05, 4.69) is 30.1 Å². The molecule has 0 aromatic heterocycles. The maximum absolute atomic E-state index is 6.15. The van der Waals surface area contributed by atoms with E-state index >= 15 is 0 Å². The van der Waals surface area contributed by atoms with Gasteiger partial charge in [0.15, 0.2) is 0 Å². The Bertz CT molecular complexity index is 423. The molecule has 1 aromatic rings. The topological polar surface area (TPSA) is 15.3 Å². The molecule has 106 valence electrons. The molecule has 0 saturated carbocycles. The molecule has 1 fully saturated rings. The minimum absolute atomic E-state index is 0.533. The second-order valence-corrected chi connectivity index (χ2v) is 6.02. The average Bonchev–Trinajstić information content (AvgIpc) is 2.42. The molecule has 4 heteroatoms. The third-order valence-corrected chi connectivity index (χ3v) is 4.58. The lowest BCUT2D eigenvalue weighted by Crippen LogP contribution is -2.56. The summed E-state index contributed by atoms with van der Waals surface area (Å²) in [5, 5.41) is 4.91. The van der Waals surface area contributed by atoms with Crippen molar-refractivity contribution in [3.63, 3.8) is 0 Å². The lowest BCUT2D eigenvalue weighted by atomic mass is 10.0. The van der Waals surface area contributed by atoms with Gasteiger partial charge >= 0.3 is 0 Å². The number of hydrogen-bond donors (Lipinski definition) is 1. The van der Waals surface area contributed by atoms with Crippen LogP contribution in [-0.4, -0.2) is 25.2 Å². The lowest BCUT2D eigenvalue weighted by Gasteiger charge is -2.42. The highest BCUT2D eigenvalue weighted by Crippen LogP contribution is 2.29. The van der Waals surface area contributed by atoms with E-state index in [1.807, 2.05) is 12.1 Å². The Morgan fingerprint density at radius 2 is 2.05 bits per heavy atom. The largest absolute Gasteiger partial charge is 0.366 e. The van der Waals surface area contributed by atoms with Gasteiger partial charge in [-0.2, -0.15) is 0 Å². The van der Waals surface area contributed by atoms with Crippen molar-refractivity contribution >= 4 is 28.9 Å². The number of rotatable bonds is 4. The van der Waals surface area contributed by atoms with Crippen LogP contribution in [0.1, 0.15) is 33.1 Å². The Morgan fingerprint density at radius 3 is 2.68 bits per heavy atom. The molecule has 0 amide bonds. The minimum atomic E-state index is 0.533. The molecule has 0 radical (unpaired) electrons. The third kappa shape index (κ3) is 3.56. The van der Waals surface area contributed by atoms with E-state index in [0.29, 0.717) is 22.1 Å². The molecule has 1 aliphatic heterocycles. The summed E-state index contributed by atoms with van der Waals surface area (Å²) >= 11 is 12.2. The average molecular weight is 301 g/mol. The van der Waals surface area contributed by atoms with Crippen LogP contribution in [0.3, 0.4) is 0 Å². The number of halogens is 2. The summed E-state index contributed by atoms with van der Waals surface area (Å²) in [6.45, 7) is 6.56. The molecular weight excluding hydrogens is 279 g/mol. The Kier molecular flexibility index (Phi) is 5.37. The summed E-state index contributed by atoms with van der Waals surface area (Å²) in [5.41, 5.74) is 1.18. The molecule has 0 aliphatic carbocycles. The fourth-order valence-corrected chi connectivity index (χ4v) is 3.04. The smallest absolute Gasteiger partial charge is 0.0612 e. The van der Waals surface area contributed by atoms with Crippen LogP contribution in [0.25, 0.3) is 0 Å². The van der Waals surface area contributed by atoms with Crippen molar-refractivity contribution in [1.29, 1.82) is 0 Å². The maximum Gasteiger partial charge on any atom is 0.0612 e. The van der Waals surface area contributed by atoms with Gasteiger partial charge in [0.1, 0.15) is 0 Å². The summed E-state index contributed by atoms with van der Waals surface area (Å²) in [6, 6.07) is 7.06. The first-order valence-corrected chi connectivity index (χ1v) is 7.86. The SMILES string of the molecule is CCCC1CN(c2ccc(Cl)c(Cl)c2)C(CC)CN1. The normalized spacial score (nSPS) is 23.7. The van der Waals surface area contributed by atoms with E-state index in [1.165, 1.54) is 18.5 Å². The van der Waals surface area contributed by atoms with Crippen LogP contribution in [0.5, 0.6) is 0 Å². The van der Waals surface area contributed by atoms with Gasteiger partial charge in [-0.15, -0.1) is 0 Å². The highest BCUT2D eigenvalue weighted by atomic mass is 35.5. The maximum atomic E-state index is 6.15. The highest BCUT2D eigenvalue weighted by Gasteiger charge is 2.26. The molecule has 2 rings (SSSR count). The van der Waals surface area contributed by atoms with Gasteiger partial charge in [-0.1, -0.05) is 43.5 Å². The monoisotopic (exact) mass is 300 g/mol. The molecular formula is C15H22Cl2N2. The van der Waals surface area contributed by atoms with Gasteiger partial charge in [-0.05, 0) is 31.0 Å². The predicted octanol–water partition coefficient (Wildman–Crippen LogP) is 4.35. The molecule has 19 heavy (non-hydrogen) atoms. The molecule has 1 saturated heterocycles. The first-order valence-electron chi connectivity index (χ1n) is 7.10. The van der Waals surface area contributed by atoms with Crippen LogP contribution in [0.15, 0.2) is 18.2 Å². The summed E-state index contributed by atoms with van der Waals surface area (Å²) in [6.07, 6.45) is 3.56. The molecule has 2 atom stereocenters. The van der Waals surface area contributed by atoms with Gasteiger partial charge in [0.25, 0.3) is 0 Å². The van der Waals surface area contributed by atoms with Crippen molar-refractivity contribution in [2.45, 2.75) is 45.2 Å². The summed E-state index contributed by atoms with van der Waals surface area (Å²) in [4.78, 5) is 2.47. The number of nitrogens with one attached hydrogen (secondary N) is 1. The zero-order valence-electron chi connectivity index (χ0n) is 11.6. The fraction of sp³-hybridized carbons (Fsp3) is 0.600. The van der Waals surface area contributed by atoms with E-state index < -0.39 is 0 Å². The zero-order valence-corrected chi connectivity index (χ0v) is 13.1. The van der Waals surface area contributed by atoms with Gasteiger partial charge in [0.2, 0.25) is 0 Å². The summed E-state index contributed by atoms with van der Waals surface area (Å²) < 4.78 is 0. The van der Waals surface area contributed by atoms with Gasteiger partial charge in [-0.25, -0.2) is 0 Å². The molecule has 0 spiro atoms. The number of piperazine rings is 1. The van der Waals surface area contributed by atoms with E-state index in [1.54, 1.807) is 0 Å². The van der Waals surface area contributed by atoms with Crippen molar-refractivity contribution in [2.24, 2.45) is 0 Å². The third-order valence-electron chi connectivity index (χ3n) is 3.84. The Hall–Kier alpha value is -0.440. The molecule has 1 heterocycles. The van der Waals surface area contributed by atoms with E-state index in [9.17, 15) is 0 Å². The molecule has 1 aromatic carbocycles. The first-order chi connectivity index (χ1) is 9.15. The van der Waals surface area contributed by atoms with E-state index in [0.717, 1.165) is 19.5 Å². The Balaban J connectivity index is 2.19. The molecule has 1 aliphatic rings. The van der Waals surface area contributed by atoms with Crippen LogP contribution >= 0.6 is 23.2 Å². The van der Waals surface area contributed by atoms with Crippen LogP contribution in [0.4, 0.5) is 5.69 Å². The molecule has 2 nitrogen and oxygen atoms in total. The van der Waals surface area contributed by atoms with Gasteiger partial charge in [0.05, 0.1) is 10.0 Å². The van der Waals surface area contributed by atoms with Crippen molar-refractivity contribution < 1.29 is 0 Å². The lowest BCUT2D eigenvalue weighted by molar-refractivity contribution is 0.369. The number of hydrogen-bond acceptors (Lipinski definition) is 2.